The highest BCUT2D eigenvalue weighted by Gasteiger charge is 2.02. The minimum atomic E-state index is -0.118. The van der Waals surface area contributed by atoms with Crippen molar-refractivity contribution in [3.63, 3.8) is 0 Å². The van der Waals surface area contributed by atoms with E-state index in [4.69, 9.17) is 0 Å². The first-order valence-corrected chi connectivity index (χ1v) is 9.56. The van der Waals surface area contributed by atoms with Gasteiger partial charge in [-0.25, -0.2) is 0 Å². The van der Waals surface area contributed by atoms with Gasteiger partial charge in [-0.1, -0.05) is 92.0 Å². The zero-order valence-electron chi connectivity index (χ0n) is 9.70. The van der Waals surface area contributed by atoms with Gasteiger partial charge in [0.05, 0.1) is 13.3 Å². The number of hydrogen-bond donors (Lipinski definition) is 0. The van der Waals surface area contributed by atoms with E-state index in [0.29, 0.717) is 3.74 Å². The molecule has 0 saturated carbocycles. The van der Waals surface area contributed by atoms with E-state index in [2.05, 4.69) is 74.3 Å². The third kappa shape index (κ3) is 3.93. The minimum absolute atomic E-state index is 0.118. The zero-order valence-corrected chi connectivity index (χ0v) is 14.3. The maximum atomic E-state index is 3.53. The van der Waals surface area contributed by atoms with E-state index in [9.17, 15) is 0 Å². The molecule has 0 amide bonds. The topological polar surface area (TPSA) is 0 Å². The first-order valence-electron chi connectivity index (χ1n) is 6.02. The van der Waals surface area contributed by atoms with Crippen LogP contribution in [0.25, 0.3) is 10.8 Å². The number of rotatable bonds is 5. The highest BCUT2D eigenvalue weighted by molar-refractivity contribution is 9.24. The summed E-state index contributed by atoms with van der Waals surface area (Å²) in [7, 11) is -0.118. The van der Waals surface area contributed by atoms with Crippen molar-refractivity contribution in [1.82, 2.24) is 0 Å². The van der Waals surface area contributed by atoms with Crippen molar-refractivity contribution >= 4 is 57.3 Å². The average molecular weight is 372 g/mol. The van der Waals surface area contributed by atoms with Crippen LogP contribution in [0, 0.1) is 0 Å². The van der Waals surface area contributed by atoms with Gasteiger partial charge in [0, 0.05) is 0 Å². The molecule has 2 aromatic carbocycles. The maximum Gasteiger partial charge on any atom is 0.0697 e. The van der Waals surface area contributed by atoms with E-state index in [1.807, 2.05) is 0 Å². The van der Waals surface area contributed by atoms with Crippen molar-refractivity contribution < 1.29 is 0 Å². The smallest absolute Gasteiger partial charge is 0.0697 e. The normalized spacial score (nSPS) is 11.9. The molecule has 0 atom stereocenters. The number of benzene rings is 2. The van der Waals surface area contributed by atoms with Crippen LogP contribution in [-0.2, 0) is 0 Å². The lowest BCUT2D eigenvalue weighted by atomic mass is 10.1. The third-order valence-electron chi connectivity index (χ3n) is 3.00. The van der Waals surface area contributed by atoms with Gasteiger partial charge in [0.15, 0.2) is 0 Å². The van der Waals surface area contributed by atoms with Gasteiger partial charge in [-0.05, 0) is 17.2 Å². The van der Waals surface area contributed by atoms with Gasteiger partial charge >= 0.3 is 0 Å². The van der Waals surface area contributed by atoms with E-state index in [1.54, 1.807) is 5.19 Å². The molecule has 0 aliphatic heterocycles. The summed E-state index contributed by atoms with van der Waals surface area (Å²) in [6.45, 7) is 0. The fourth-order valence-corrected chi connectivity index (χ4v) is 4.59. The van der Waals surface area contributed by atoms with Gasteiger partial charge < -0.3 is 0 Å². The molecule has 0 aromatic heterocycles. The fourth-order valence-electron chi connectivity index (χ4n) is 2.12. The van der Waals surface area contributed by atoms with E-state index in [0.717, 1.165) is 0 Å². The minimum Gasteiger partial charge on any atom is -0.0765 e. The lowest BCUT2D eigenvalue weighted by Crippen LogP contribution is -2.14. The summed E-state index contributed by atoms with van der Waals surface area (Å²) in [5.74, 6) is 0. The molecular formula is C14H16Br2Si. The fraction of sp³-hybridized carbons (Fsp3) is 0.286. The van der Waals surface area contributed by atoms with Crippen LogP contribution in [0.5, 0.6) is 0 Å². The Morgan fingerprint density at radius 1 is 1.00 bits per heavy atom. The number of halogens is 2. The van der Waals surface area contributed by atoms with E-state index < -0.39 is 0 Å². The van der Waals surface area contributed by atoms with Crippen LogP contribution in [0.2, 0.25) is 6.04 Å². The molecule has 0 saturated heterocycles. The van der Waals surface area contributed by atoms with Crippen LogP contribution < -0.4 is 5.19 Å². The first-order chi connectivity index (χ1) is 8.27. The van der Waals surface area contributed by atoms with Crippen molar-refractivity contribution in [2.24, 2.45) is 0 Å². The van der Waals surface area contributed by atoms with Gasteiger partial charge in [-0.3, -0.25) is 0 Å². The molecule has 0 unspecified atom stereocenters. The maximum absolute atomic E-state index is 3.53. The summed E-state index contributed by atoms with van der Waals surface area (Å²) < 4.78 is 0.483. The Morgan fingerprint density at radius 2 is 1.76 bits per heavy atom. The Kier molecular flexibility index (Phi) is 5.26. The molecule has 0 aliphatic rings. The molecule has 17 heavy (non-hydrogen) atoms. The lowest BCUT2D eigenvalue weighted by molar-refractivity contribution is 0.878. The summed E-state index contributed by atoms with van der Waals surface area (Å²) in [5.41, 5.74) is 0. The SMILES string of the molecule is BrC(Br)CCC[SiH2]c1cccc2ccccc12. The van der Waals surface area contributed by atoms with E-state index >= 15 is 0 Å². The van der Waals surface area contributed by atoms with Gasteiger partial charge in [0.1, 0.15) is 0 Å². The summed E-state index contributed by atoms with van der Waals surface area (Å²) in [6.07, 6.45) is 2.54. The zero-order chi connectivity index (χ0) is 12.1. The van der Waals surface area contributed by atoms with Gasteiger partial charge in [-0.2, -0.15) is 0 Å². The predicted molar refractivity (Wildman–Crippen MR) is 87.8 cm³/mol. The third-order valence-corrected chi connectivity index (χ3v) is 5.92. The standard InChI is InChI=1S/C14H16Br2Si/c15-14(16)9-4-10-17-13-8-3-6-11-5-1-2-7-12(11)13/h1-3,5-8,14H,4,9-10,17H2. The van der Waals surface area contributed by atoms with E-state index in [-0.39, 0.29) is 9.52 Å². The average Bonchev–Trinajstić information content (AvgIpc) is 2.34. The predicted octanol–water partition coefficient (Wildman–Crippen LogP) is 3.95. The van der Waals surface area contributed by atoms with Crippen LogP contribution in [0.1, 0.15) is 12.8 Å². The van der Waals surface area contributed by atoms with Crippen molar-refractivity contribution in [3.8, 4) is 0 Å². The highest BCUT2D eigenvalue weighted by atomic mass is 79.9. The largest absolute Gasteiger partial charge is 0.0765 e. The summed E-state index contributed by atoms with van der Waals surface area (Å²) in [5, 5.41) is 4.47. The van der Waals surface area contributed by atoms with Crippen LogP contribution in [0.3, 0.4) is 0 Å². The van der Waals surface area contributed by atoms with Crippen molar-refractivity contribution in [2.75, 3.05) is 0 Å². The van der Waals surface area contributed by atoms with Crippen molar-refractivity contribution in [2.45, 2.75) is 22.6 Å². The first kappa shape index (κ1) is 13.3. The molecule has 90 valence electrons. The second-order valence-electron chi connectivity index (χ2n) is 4.28. The molecule has 0 N–H and O–H groups in total. The molecule has 0 nitrogen and oxygen atoms in total. The summed E-state index contributed by atoms with van der Waals surface area (Å²) in [6, 6.07) is 16.8. The molecule has 0 fully saturated rings. The molecule has 0 aliphatic carbocycles. The molecule has 3 heteroatoms. The molecule has 0 radical (unpaired) electrons. The number of alkyl halides is 2. The quantitative estimate of drug-likeness (QED) is 0.424. The molecular weight excluding hydrogens is 356 g/mol. The number of hydrogen-bond acceptors (Lipinski definition) is 0. The van der Waals surface area contributed by atoms with Crippen LogP contribution >= 0.6 is 31.9 Å². The monoisotopic (exact) mass is 370 g/mol. The van der Waals surface area contributed by atoms with Gasteiger partial charge in [0.25, 0.3) is 0 Å². The molecule has 2 rings (SSSR count). The second kappa shape index (κ2) is 6.71. The molecule has 0 bridgehead atoms. The lowest BCUT2D eigenvalue weighted by Gasteiger charge is -2.06. The second-order valence-corrected chi connectivity index (χ2v) is 9.68. The van der Waals surface area contributed by atoms with Gasteiger partial charge in [0.2, 0.25) is 0 Å². The Morgan fingerprint density at radius 3 is 2.59 bits per heavy atom. The van der Waals surface area contributed by atoms with Crippen molar-refractivity contribution in [3.05, 3.63) is 42.5 Å². The van der Waals surface area contributed by atoms with E-state index in [1.165, 1.54) is 29.7 Å². The van der Waals surface area contributed by atoms with Crippen molar-refractivity contribution in [1.29, 1.82) is 0 Å². The van der Waals surface area contributed by atoms with Crippen LogP contribution in [0.4, 0.5) is 0 Å². The molecule has 0 heterocycles. The summed E-state index contributed by atoms with van der Waals surface area (Å²) >= 11 is 7.07. The summed E-state index contributed by atoms with van der Waals surface area (Å²) in [4.78, 5) is 0. The Hall–Kier alpha value is -0.123. The Bertz CT molecular complexity index is 477. The van der Waals surface area contributed by atoms with Gasteiger partial charge in [-0.15, -0.1) is 0 Å². The molecule has 0 spiro atoms. The highest BCUT2D eigenvalue weighted by Crippen LogP contribution is 2.16. The Labute approximate surface area is 122 Å². The Balaban J connectivity index is 2.03. The van der Waals surface area contributed by atoms with Crippen LogP contribution in [0.15, 0.2) is 42.5 Å². The molecule has 2 aromatic rings. The van der Waals surface area contributed by atoms with Crippen LogP contribution in [-0.4, -0.2) is 13.3 Å². The number of fused-ring (bicyclic) bond motifs is 1.